The zero-order chi connectivity index (χ0) is 22.0. The molecule has 0 aliphatic rings. The summed E-state index contributed by atoms with van der Waals surface area (Å²) in [5.41, 5.74) is 0.0325. The number of thiazole rings is 1. The molecule has 1 amide bonds. The number of fused-ring (bicyclic) bond motifs is 1. The van der Waals surface area contributed by atoms with Crippen LogP contribution >= 0.6 is 23.1 Å². The second kappa shape index (κ2) is 8.78. The first-order valence-electron chi connectivity index (χ1n) is 9.22. The summed E-state index contributed by atoms with van der Waals surface area (Å²) in [7, 11) is 1.51. The van der Waals surface area contributed by atoms with E-state index in [2.05, 4.69) is 10.3 Å². The van der Waals surface area contributed by atoms with E-state index in [1.54, 1.807) is 54.6 Å². The molecule has 0 aliphatic carbocycles. The van der Waals surface area contributed by atoms with Gasteiger partial charge in [0.15, 0.2) is 9.99 Å². The fourth-order valence-electron chi connectivity index (χ4n) is 3.13. The molecule has 2 heterocycles. The average molecular weight is 455 g/mol. The number of carbonyl (C=O) groups excluding carboxylic acids is 1. The molecular formula is C21H18N4O4S2. The summed E-state index contributed by atoms with van der Waals surface area (Å²) >= 11 is 2.57. The monoisotopic (exact) mass is 454 g/mol. The number of ether oxygens (including phenoxy) is 1. The van der Waals surface area contributed by atoms with E-state index < -0.39 is 17.2 Å². The number of para-hydroxylation sites is 3. The van der Waals surface area contributed by atoms with Gasteiger partial charge in [0.25, 0.3) is 5.56 Å². The fourth-order valence-corrected chi connectivity index (χ4v) is 4.62. The number of benzene rings is 2. The summed E-state index contributed by atoms with van der Waals surface area (Å²) in [6.45, 7) is -0.307. The van der Waals surface area contributed by atoms with E-state index in [1.165, 1.54) is 34.8 Å². The lowest BCUT2D eigenvalue weighted by molar-refractivity contribution is -0.116. The highest BCUT2D eigenvalue weighted by Gasteiger charge is 2.20. The van der Waals surface area contributed by atoms with Crippen LogP contribution in [0.5, 0.6) is 5.75 Å². The molecule has 4 rings (SSSR count). The first kappa shape index (κ1) is 20.9. The van der Waals surface area contributed by atoms with E-state index in [4.69, 9.17) is 4.74 Å². The van der Waals surface area contributed by atoms with Gasteiger partial charge in [0, 0.05) is 0 Å². The van der Waals surface area contributed by atoms with E-state index in [9.17, 15) is 14.4 Å². The van der Waals surface area contributed by atoms with Gasteiger partial charge in [-0.3, -0.25) is 14.2 Å². The molecule has 31 heavy (non-hydrogen) atoms. The van der Waals surface area contributed by atoms with E-state index in [0.29, 0.717) is 26.2 Å². The van der Waals surface area contributed by atoms with Crippen LogP contribution in [0, 0.1) is 0 Å². The number of amides is 1. The molecule has 2 aromatic heterocycles. The summed E-state index contributed by atoms with van der Waals surface area (Å²) in [6, 6.07) is 15.6. The first-order chi connectivity index (χ1) is 15.0. The smallest absolute Gasteiger partial charge is 0.337 e. The van der Waals surface area contributed by atoms with Crippen molar-refractivity contribution in [3.8, 4) is 11.4 Å². The van der Waals surface area contributed by atoms with Crippen molar-refractivity contribution in [3.05, 3.63) is 75.4 Å². The molecule has 0 bridgehead atoms. The molecule has 2 aromatic carbocycles. The molecule has 0 atom stereocenters. The Morgan fingerprint density at radius 1 is 1.13 bits per heavy atom. The van der Waals surface area contributed by atoms with E-state index in [1.807, 2.05) is 6.26 Å². The Bertz CT molecular complexity index is 1380. The number of rotatable bonds is 6. The summed E-state index contributed by atoms with van der Waals surface area (Å²) < 4.78 is 8.51. The van der Waals surface area contributed by atoms with Crippen LogP contribution in [0.3, 0.4) is 0 Å². The minimum absolute atomic E-state index is 0.201. The number of carbonyl (C=O) groups is 1. The summed E-state index contributed by atoms with van der Waals surface area (Å²) in [5.74, 6) is 0.0609. The number of thioether (sulfide) groups is 1. The van der Waals surface area contributed by atoms with Crippen molar-refractivity contribution < 1.29 is 9.53 Å². The minimum Gasteiger partial charge on any atom is -0.495 e. The van der Waals surface area contributed by atoms with Crippen LogP contribution in [-0.2, 0) is 11.3 Å². The molecule has 1 N–H and O–H groups in total. The number of anilines is 1. The second-order valence-corrected chi connectivity index (χ2v) is 8.48. The molecule has 0 spiro atoms. The van der Waals surface area contributed by atoms with Crippen LogP contribution in [-0.4, -0.2) is 33.4 Å². The topological polar surface area (TPSA) is 95.2 Å². The van der Waals surface area contributed by atoms with Gasteiger partial charge in [0.05, 0.1) is 18.5 Å². The number of hydrogen-bond acceptors (Lipinski definition) is 7. The van der Waals surface area contributed by atoms with Gasteiger partial charge >= 0.3 is 5.69 Å². The van der Waals surface area contributed by atoms with Crippen molar-refractivity contribution >= 4 is 45.0 Å². The van der Waals surface area contributed by atoms with Gasteiger partial charge in [-0.15, -0.1) is 11.3 Å². The quantitative estimate of drug-likeness (QED) is 0.450. The van der Waals surface area contributed by atoms with Crippen molar-refractivity contribution in [1.29, 1.82) is 0 Å². The van der Waals surface area contributed by atoms with Crippen LogP contribution in [0.1, 0.15) is 0 Å². The normalized spacial score (nSPS) is 10.9. The highest BCUT2D eigenvalue weighted by atomic mass is 32.2. The number of methoxy groups -OCH3 is 1. The molecule has 158 valence electrons. The highest BCUT2D eigenvalue weighted by Crippen LogP contribution is 2.26. The molecule has 0 saturated heterocycles. The molecule has 0 radical (unpaired) electrons. The van der Waals surface area contributed by atoms with E-state index >= 15 is 0 Å². The number of nitrogens with one attached hydrogen (secondary N) is 1. The lowest BCUT2D eigenvalue weighted by Gasteiger charge is -2.13. The zero-order valence-electron chi connectivity index (χ0n) is 16.7. The van der Waals surface area contributed by atoms with Crippen molar-refractivity contribution in [2.24, 2.45) is 0 Å². The standard InChI is InChI=1S/C21H18N4O4S2/c1-29-15-11-7-6-10-14(15)22-16(26)12-24-18-17(31-20(23-18)30-2)19(27)25(21(24)28)13-8-4-3-5-9-13/h3-11H,12H2,1-2H3,(H,22,26). The second-order valence-electron chi connectivity index (χ2n) is 6.43. The predicted molar refractivity (Wildman–Crippen MR) is 123 cm³/mol. The number of aromatic nitrogens is 3. The largest absolute Gasteiger partial charge is 0.495 e. The predicted octanol–water partition coefficient (Wildman–Crippen LogP) is 2.98. The molecule has 8 nitrogen and oxygen atoms in total. The lowest BCUT2D eigenvalue weighted by Crippen LogP contribution is -2.40. The maximum absolute atomic E-state index is 13.3. The Balaban J connectivity index is 1.83. The molecule has 10 heteroatoms. The van der Waals surface area contributed by atoms with Crippen molar-refractivity contribution in [1.82, 2.24) is 14.1 Å². The van der Waals surface area contributed by atoms with Crippen molar-refractivity contribution in [3.63, 3.8) is 0 Å². The summed E-state index contributed by atoms with van der Waals surface area (Å²) in [4.78, 5) is 43.6. The van der Waals surface area contributed by atoms with Gasteiger partial charge < -0.3 is 10.1 Å². The zero-order valence-corrected chi connectivity index (χ0v) is 18.3. The maximum Gasteiger partial charge on any atom is 0.337 e. The van der Waals surface area contributed by atoms with Gasteiger partial charge in [-0.25, -0.2) is 14.3 Å². The van der Waals surface area contributed by atoms with Crippen molar-refractivity contribution in [2.75, 3.05) is 18.7 Å². The van der Waals surface area contributed by atoms with Crippen LogP contribution < -0.4 is 21.3 Å². The summed E-state index contributed by atoms with van der Waals surface area (Å²) in [6.07, 6.45) is 1.84. The van der Waals surface area contributed by atoms with Crippen LogP contribution in [0.2, 0.25) is 0 Å². The third kappa shape index (κ3) is 3.99. The van der Waals surface area contributed by atoms with Crippen LogP contribution in [0.4, 0.5) is 5.69 Å². The Kier molecular flexibility index (Phi) is 5.92. The van der Waals surface area contributed by atoms with E-state index in [0.717, 1.165) is 4.57 Å². The van der Waals surface area contributed by atoms with Gasteiger partial charge in [-0.2, -0.15) is 0 Å². The Labute approximate surface area is 185 Å². The van der Waals surface area contributed by atoms with Crippen LogP contribution in [0.25, 0.3) is 16.0 Å². The minimum atomic E-state index is -0.628. The van der Waals surface area contributed by atoms with E-state index in [-0.39, 0.29) is 12.2 Å². The SMILES string of the molecule is COc1ccccc1NC(=O)Cn1c(=O)n(-c2ccccc2)c(=O)c2sc(SC)nc21. The third-order valence-electron chi connectivity index (χ3n) is 4.54. The molecule has 0 saturated carbocycles. The Morgan fingerprint density at radius 2 is 1.84 bits per heavy atom. The first-order valence-corrected chi connectivity index (χ1v) is 11.3. The Morgan fingerprint density at radius 3 is 2.55 bits per heavy atom. The van der Waals surface area contributed by atoms with Gasteiger partial charge in [-0.1, -0.05) is 42.1 Å². The third-order valence-corrected chi connectivity index (χ3v) is 6.55. The van der Waals surface area contributed by atoms with Gasteiger partial charge in [0.1, 0.15) is 17.0 Å². The van der Waals surface area contributed by atoms with Gasteiger partial charge in [0.2, 0.25) is 5.91 Å². The number of hydrogen-bond donors (Lipinski definition) is 1. The van der Waals surface area contributed by atoms with Gasteiger partial charge in [-0.05, 0) is 30.5 Å². The highest BCUT2D eigenvalue weighted by molar-refractivity contribution is 8.00. The maximum atomic E-state index is 13.3. The molecular weight excluding hydrogens is 436 g/mol. The number of nitrogens with zero attached hydrogens (tertiary/aromatic N) is 3. The lowest BCUT2D eigenvalue weighted by atomic mass is 10.3. The van der Waals surface area contributed by atoms with Crippen molar-refractivity contribution in [2.45, 2.75) is 10.9 Å². The Hall–Kier alpha value is -3.37. The molecule has 0 aliphatic heterocycles. The summed E-state index contributed by atoms with van der Waals surface area (Å²) in [5, 5.41) is 2.76. The molecule has 4 aromatic rings. The average Bonchev–Trinajstić information content (AvgIpc) is 3.23. The van der Waals surface area contributed by atoms with Crippen LogP contribution in [0.15, 0.2) is 68.5 Å². The molecule has 0 fully saturated rings. The molecule has 0 unspecified atom stereocenters. The fraction of sp³-hybridized carbons (Fsp3) is 0.143.